The van der Waals surface area contributed by atoms with Gasteiger partial charge in [-0.1, -0.05) is 6.07 Å². The predicted octanol–water partition coefficient (Wildman–Crippen LogP) is 1.20. The van der Waals surface area contributed by atoms with Gasteiger partial charge in [-0.05, 0) is 12.1 Å². The minimum Gasteiger partial charge on any atom is -0.378 e. The minimum absolute atomic E-state index is 0.685. The molecule has 0 N–H and O–H groups in total. The normalized spacial score (nSPS) is 16.4. The standard InChI is InChI=1S/C11H11N2O/c12-9-10-2-1-3-11(8-10)13-4-6-14-7-5-13/h1-2,8H,4-7H2. The molecule has 1 heterocycles. The molecule has 1 aromatic rings. The van der Waals surface area contributed by atoms with Gasteiger partial charge < -0.3 is 9.64 Å². The summed E-state index contributed by atoms with van der Waals surface area (Å²) in [5, 5.41) is 8.75. The van der Waals surface area contributed by atoms with E-state index in [1.54, 1.807) is 12.1 Å². The van der Waals surface area contributed by atoms with Gasteiger partial charge in [-0.25, -0.2) is 0 Å². The summed E-state index contributed by atoms with van der Waals surface area (Å²) in [6.45, 7) is 3.27. The summed E-state index contributed by atoms with van der Waals surface area (Å²) < 4.78 is 5.26. The Bertz CT molecular complexity index is 351. The zero-order valence-corrected chi connectivity index (χ0v) is 7.86. The molecule has 0 bridgehead atoms. The number of hydrogen-bond acceptors (Lipinski definition) is 3. The maximum absolute atomic E-state index is 8.75. The molecule has 1 aliphatic heterocycles. The van der Waals surface area contributed by atoms with Crippen molar-refractivity contribution >= 4 is 5.69 Å². The van der Waals surface area contributed by atoms with Gasteiger partial charge in [0.2, 0.25) is 0 Å². The SMILES string of the molecule is N#Cc1cc[c]c(N2CCOCC2)c1. The summed E-state index contributed by atoms with van der Waals surface area (Å²) in [4.78, 5) is 2.18. The number of hydrogen-bond donors (Lipinski definition) is 0. The van der Waals surface area contributed by atoms with Crippen molar-refractivity contribution in [2.45, 2.75) is 0 Å². The van der Waals surface area contributed by atoms with Crippen LogP contribution in [0.15, 0.2) is 18.2 Å². The Morgan fingerprint density at radius 3 is 2.93 bits per heavy atom. The van der Waals surface area contributed by atoms with E-state index in [4.69, 9.17) is 10.00 Å². The van der Waals surface area contributed by atoms with E-state index in [1.807, 2.05) is 6.07 Å². The molecule has 2 rings (SSSR count). The maximum Gasteiger partial charge on any atom is 0.0992 e. The molecule has 0 saturated carbocycles. The van der Waals surface area contributed by atoms with Crippen molar-refractivity contribution in [1.82, 2.24) is 0 Å². The van der Waals surface area contributed by atoms with Gasteiger partial charge >= 0.3 is 0 Å². The summed E-state index contributed by atoms with van der Waals surface area (Å²) in [5.74, 6) is 0. The molecule has 0 amide bonds. The Hall–Kier alpha value is -1.53. The van der Waals surface area contributed by atoms with E-state index in [2.05, 4.69) is 17.0 Å². The smallest absolute Gasteiger partial charge is 0.0992 e. The minimum atomic E-state index is 0.685. The summed E-state index contributed by atoms with van der Waals surface area (Å²) >= 11 is 0. The number of ether oxygens (including phenoxy) is 1. The summed E-state index contributed by atoms with van der Waals surface area (Å²) in [7, 11) is 0. The van der Waals surface area contributed by atoms with Crippen LogP contribution in [0.5, 0.6) is 0 Å². The molecule has 0 aliphatic carbocycles. The van der Waals surface area contributed by atoms with Gasteiger partial charge in [0, 0.05) is 24.8 Å². The highest BCUT2D eigenvalue weighted by Gasteiger charge is 2.11. The molecule has 1 saturated heterocycles. The van der Waals surface area contributed by atoms with Gasteiger partial charge in [0.05, 0.1) is 24.8 Å². The van der Waals surface area contributed by atoms with Crippen LogP contribution in [0.1, 0.15) is 5.56 Å². The first kappa shape index (κ1) is 9.04. The Morgan fingerprint density at radius 1 is 1.43 bits per heavy atom. The molecule has 0 unspecified atom stereocenters. The zero-order valence-electron chi connectivity index (χ0n) is 7.86. The number of anilines is 1. The van der Waals surface area contributed by atoms with Crippen molar-refractivity contribution in [2.75, 3.05) is 31.2 Å². The Kier molecular flexibility index (Phi) is 2.66. The van der Waals surface area contributed by atoms with Crippen LogP contribution in [-0.4, -0.2) is 26.3 Å². The highest BCUT2D eigenvalue weighted by molar-refractivity contribution is 5.50. The van der Waals surface area contributed by atoms with Gasteiger partial charge in [0.25, 0.3) is 0 Å². The lowest BCUT2D eigenvalue weighted by atomic mass is 10.2. The van der Waals surface area contributed by atoms with Gasteiger partial charge in [-0.15, -0.1) is 0 Å². The highest BCUT2D eigenvalue weighted by atomic mass is 16.5. The van der Waals surface area contributed by atoms with E-state index in [9.17, 15) is 0 Å². The largest absolute Gasteiger partial charge is 0.378 e. The first-order valence-electron chi connectivity index (χ1n) is 4.65. The summed E-state index contributed by atoms with van der Waals surface area (Å²) in [6, 6.07) is 10.7. The van der Waals surface area contributed by atoms with E-state index >= 15 is 0 Å². The van der Waals surface area contributed by atoms with Crippen LogP contribution >= 0.6 is 0 Å². The molecule has 1 radical (unpaired) electrons. The van der Waals surface area contributed by atoms with Crippen molar-refractivity contribution in [3.8, 4) is 6.07 Å². The number of nitriles is 1. The second-order valence-corrected chi connectivity index (χ2v) is 3.17. The fourth-order valence-corrected chi connectivity index (χ4v) is 1.51. The first-order chi connectivity index (χ1) is 6.90. The number of benzene rings is 1. The monoisotopic (exact) mass is 187 g/mol. The van der Waals surface area contributed by atoms with Crippen LogP contribution in [0.4, 0.5) is 5.69 Å². The van der Waals surface area contributed by atoms with Gasteiger partial charge in [0.15, 0.2) is 0 Å². The predicted molar refractivity (Wildman–Crippen MR) is 53.0 cm³/mol. The second kappa shape index (κ2) is 4.12. The van der Waals surface area contributed by atoms with Crippen molar-refractivity contribution in [2.24, 2.45) is 0 Å². The van der Waals surface area contributed by atoms with Crippen molar-refractivity contribution in [3.05, 3.63) is 29.8 Å². The number of rotatable bonds is 1. The van der Waals surface area contributed by atoms with Crippen LogP contribution in [0.2, 0.25) is 0 Å². The topological polar surface area (TPSA) is 36.3 Å². The van der Waals surface area contributed by atoms with E-state index in [-0.39, 0.29) is 0 Å². The average Bonchev–Trinajstić information content (AvgIpc) is 2.30. The number of nitrogens with zero attached hydrogens (tertiary/aromatic N) is 2. The Labute approximate surface area is 83.5 Å². The van der Waals surface area contributed by atoms with Crippen LogP contribution in [0.25, 0.3) is 0 Å². The Morgan fingerprint density at radius 2 is 2.21 bits per heavy atom. The third kappa shape index (κ3) is 1.86. The van der Waals surface area contributed by atoms with Crippen LogP contribution in [-0.2, 0) is 4.74 Å². The fraction of sp³-hybridized carbons (Fsp3) is 0.364. The lowest BCUT2D eigenvalue weighted by Gasteiger charge is -2.28. The van der Waals surface area contributed by atoms with E-state index in [1.165, 1.54) is 0 Å². The zero-order chi connectivity index (χ0) is 9.80. The van der Waals surface area contributed by atoms with E-state index in [0.717, 1.165) is 32.0 Å². The van der Waals surface area contributed by atoms with E-state index in [0.29, 0.717) is 5.56 Å². The van der Waals surface area contributed by atoms with Crippen molar-refractivity contribution < 1.29 is 4.74 Å². The molecule has 14 heavy (non-hydrogen) atoms. The lowest BCUT2D eigenvalue weighted by Crippen LogP contribution is -2.36. The molecule has 1 aliphatic rings. The molecule has 0 spiro atoms. The quantitative estimate of drug-likeness (QED) is 0.662. The molecule has 71 valence electrons. The first-order valence-corrected chi connectivity index (χ1v) is 4.65. The highest BCUT2D eigenvalue weighted by Crippen LogP contribution is 2.16. The molecular weight excluding hydrogens is 176 g/mol. The fourth-order valence-electron chi connectivity index (χ4n) is 1.51. The molecule has 3 nitrogen and oxygen atoms in total. The molecule has 3 heteroatoms. The number of morpholine rings is 1. The Balaban J connectivity index is 2.18. The van der Waals surface area contributed by atoms with Gasteiger partial charge in [-0.2, -0.15) is 5.26 Å². The van der Waals surface area contributed by atoms with E-state index < -0.39 is 0 Å². The summed E-state index contributed by atoms with van der Waals surface area (Å²) in [5.41, 5.74) is 1.68. The second-order valence-electron chi connectivity index (χ2n) is 3.17. The van der Waals surface area contributed by atoms with Crippen LogP contribution < -0.4 is 4.90 Å². The van der Waals surface area contributed by atoms with Gasteiger partial charge in [-0.3, -0.25) is 0 Å². The third-order valence-electron chi connectivity index (χ3n) is 2.27. The average molecular weight is 187 g/mol. The van der Waals surface area contributed by atoms with Gasteiger partial charge in [0.1, 0.15) is 0 Å². The third-order valence-corrected chi connectivity index (χ3v) is 2.27. The summed E-state index contributed by atoms with van der Waals surface area (Å²) in [6.07, 6.45) is 0. The molecule has 0 aromatic heterocycles. The van der Waals surface area contributed by atoms with Crippen LogP contribution in [0.3, 0.4) is 0 Å². The lowest BCUT2D eigenvalue weighted by molar-refractivity contribution is 0.122. The molecular formula is C11H11N2O. The van der Waals surface area contributed by atoms with Crippen molar-refractivity contribution in [1.29, 1.82) is 5.26 Å². The maximum atomic E-state index is 8.75. The van der Waals surface area contributed by atoms with Crippen molar-refractivity contribution in [3.63, 3.8) is 0 Å². The van der Waals surface area contributed by atoms with Crippen LogP contribution in [0, 0.1) is 17.4 Å². The molecule has 1 aromatic carbocycles. The molecule has 1 fully saturated rings. The molecule has 0 atom stereocenters.